The van der Waals surface area contributed by atoms with Crippen molar-refractivity contribution in [1.29, 1.82) is 0 Å². The fourth-order valence-electron chi connectivity index (χ4n) is 3.35. The Labute approximate surface area is 133 Å². The van der Waals surface area contributed by atoms with Crippen LogP contribution in [0.1, 0.15) is 43.0 Å². The molecule has 0 radical (unpaired) electrons. The molecular formula is C17H18N4S. The summed E-state index contributed by atoms with van der Waals surface area (Å²) in [5, 5.41) is 10.9. The first-order valence-corrected chi connectivity index (χ1v) is 8.50. The minimum absolute atomic E-state index is 0.447. The van der Waals surface area contributed by atoms with Gasteiger partial charge in [-0.2, -0.15) is 0 Å². The molecule has 0 saturated carbocycles. The third kappa shape index (κ3) is 2.00. The average Bonchev–Trinajstić information content (AvgIpc) is 3.12. The molecule has 4 nitrogen and oxygen atoms in total. The minimum atomic E-state index is 0.447. The van der Waals surface area contributed by atoms with Crippen LogP contribution < -0.4 is 5.73 Å². The Morgan fingerprint density at radius 3 is 2.77 bits per heavy atom. The second kappa shape index (κ2) is 5.02. The highest BCUT2D eigenvalue weighted by atomic mass is 32.1. The molecule has 0 saturated heterocycles. The highest BCUT2D eigenvalue weighted by molar-refractivity contribution is 7.18. The van der Waals surface area contributed by atoms with Crippen molar-refractivity contribution in [2.24, 2.45) is 0 Å². The summed E-state index contributed by atoms with van der Waals surface area (Å²) in [5.41, 5.74) is 12.0. The first kappa shape index (κ1) is 13.6. The summed E-state index contributed by atoms with van der Waals surface area (Å²) in [6, 6.07) is 6.45. The summed E-state index contributed by atoms with van der Waals surface area (Å²) < 4.78 is 0. The van der Waals surface area contributed by atoms with E-state index in [2.05, 4.69) is 42.2 Å². The average molecular weight is 310 g/mol. The van der Waals surface area contributed by atoms with Gasteiger partial charge >= 0.3 is 0 Å². The van der Waals surface area contributed by atoms with Crippen molar-refractivity contribution in [3.63, 3.8) is 0 Å². The maximum Gasteiger partial charge on any atom is 0.203 e. The molecule has 2 aromatic heterocycles. The molecule has 2 heterocycles. The molecule has 5 heteroatoms. The van der Waals surface area contributed by atoms with Crippen LogP contribution in [0.3, 0.4) is 0 Å². The van der Waals surface area contributed by atoms with E-state index < -0.39 is 0 Å². The molecule has 1 aliphatic rings. The Morgan fingerprint density at radius 2 is 2.05 bits per heavy atom. The number of hydrogen-bond acceptors (Lipinski definition) is 5. The van der Waals surface area contributed by atoms with Crippen molar-refractivity contribution in [2.75, 3.05) is 5.73 Å². The van der Waals surface area contributed by atoms with E-state index >= 15 is 0 Å². The number of hydrogen-bond donors (Lipinski definition) is 1. The molecular weight excluding hydrogens is 292 g/mol. The van der Waals surface area contributed by atoms with E-state index in [1.54, 1.807) is 0 Å². The topological polar surface area (TPSA) is 64.7 Å². The summed E-state index contributed by atoms with van der Waals surface area (Å²) in [4.78, 5) is 5.00. The highest BCUT2D eigenvalue weighted by Crippen LogP contribution is 2.40. The molecule has 0 aliphatic heterocycles. The molecule has 2 N–H and O–H groups in total. The third-order valence-electron chi connectivity index (χ3n) is 4.35. The van der Waals surface area contributed by atoms with Gasteiger partial charge in [-0.05, 0) is 36.3 Å². The summed E-state index contributed by atoms with van der Waals surface area (Å²) in [7, 11) is 0. The van der Waals surface area contributed by atoms with Crippen molar-refractivity contribution < 1.29 is 0 Å². The zero-order valence-electron chi connectivity index (χ0n) is 12.8. The number of pyridine rings is 1. The predicted molar refractivity (Wildman–Crippen MR) is 91.2 cm³/mol. The monoisotopic (exact) mass is 310 g/mol. The predicted octanol–water partition coefficient (Wildman–Crippen LogP) is 3.95. The molecule has 0 unspecified atom stereocenters. The number of aromatic nitrogens is 3. The van der Waals surface area contributed by atoms with Crippen molar-refractivity contribution in [3.8, 4) is 10.6 Å². The van der Waals surface area contributed by atoms with Crippen molar-refractivity contribution in [3.05, 3.63) is 35.0 Å². The van der Waals surface area contributed by atoms with E-state index in [-0.39, 0.29) is 0 Å². The van der Waals surface area contributed by atoms with Gasteiger partial charge in [-0.1, -0.05) is 43.4 Å². The van der Waals surface area contributed by atoms with Crippen LogP contribution in [0.15, 0.2) is 18.2 Å². The largest absolute Gasteiger partial charge is 0.374 e. The van der Waals surface area contributed by atoms with Crippen molar-refractivity contribution >= 4 is 27.4 Å². The van der Waals surface area contributed by atoms with Gasteiger partial charge in [-0.15, -0.1) is 10.2 Å². The van der Waals surface area contributed by atoms with Gasteiger partial charge in [0, 0.05) is 16.6 Å². The highest BCUT2D eigenvalue weighted by Gasteiger charge is 2.24. The van der Waals surface area contributed by atoms with Crippen LogP contribution in [-0.2, 0) is 12.8 Å². The second-order valence-electron chi connectivity index (χ2n) is 6.11. The molecule has 0 fully saturated rings. The number of nitrogens with zero attached hydrogens (tertiary/aromatic N) is 3. The van der Waals surface area contributed by atoms with E-state index in [1.165, 1.54) is 39.1 Å². The second-order valence-corrected chi connectivity index (χ2v) is 7.12. The van der Waals surface area contributed by atoms with Gasteiger partial charge in [0.25, 0.3) is 0 Å². The van der Waals surface area contributed by atoms with Gasteiger partial charge in [-0.3, -0.25) is 4.98 Å². The van der Waals surface area contributed by atoms with E-state index in [4.69, 9.17) is 10.7 Å². The molecule has 1 aromatic carbocycles. The summed E-state index contributed by atoms with van der Waals surface area (Å²) in [6.07, 6.45) is 3.29. The standard InChI is InChI=1S/C17H18N4S/c1-9(2)10-5-3-7-12-14(16-20-21-17(18)22-16)11-6-4-8-13(11)19-15(10)12/h3,5,7,9H,4,6,8H2,1-2H3,(H2,18,21). The SMILES string of the molecule is CC(C)c1cccc2c(-c3nnc(N)s3)c3c(nc12)CCC3. The molecule has 4 rings (SSSR count). The van der Waals surface area contributed by atoms with Gasteiger partial charge in [0.15, 0.2) is 5.01 Å². The lowest BCUT2D eigenvalue weighted by molar-refractivity contribution is 0.869. The van der Waals surface area contributed by atoms with Crippen LogP contribution in [0.25, 0.3) is 21.5 Å². The number of fused-ring (bicyclic) bond motifs is 2. The molecule has 0 spiro atoms. The van der Waals surface area contributed by atoms with Gasteiger partial charge in [-0.25, -0.2) is 0 Å². The molecule has 0 bridgehead atoms. The molecule has 3 aromatic rings. The maximum absolute atomic E-state index is 5.81. The number of rotatable bonds is 2. The van der Waals surface area contributed by atoms with Gasteiger partial charge < -0.3 is 5.73 Å². The number of aryl methyl sites for hydroxylation is 1. The zero-order valence-corrected chi connectivity index (χ0v) is 13.6. The van der Waals surface area contributed by atoms with Crippen LogP contribution in [-0.4, -0.2) is 15.2 Å². The minimum Gasteiger partial charge on any atom is -0.374 e. The van der Waals surface area contributed by atoms with Gasteiger partial charge in [0.1, 0.15) is 0 Å². The molecule has 1 aliphatic carbocycles. The summed E-state index contributed by atoms with van der Waals surface area (Å²) in [6.45, 7) is 4.43. The number of para-hydroxylation sites is 1. The van der Waals surface area contributed by atoms with Crippen molar-refractivity contribution in [2.45, 2.75) is 39.0 Å². The Hall–Kier alpha value is -2.01. The smallest absolute Gasteiger partial charge is 0.203 e. The van der Waals surface area contributed by atoms with E-state index in [1.807, 2.05) is 0 Å². The van der Waals surface area contributed by atoms with Gasteiger partial charge in [0.05, 0.1) is 5.52 Å². The van der Waals surface area contributed by atoms with Crippen LogP contribution in [0.4, 0.5) is 5.13 Å². The number of benzene rings is 1. The zero-order chi connectivity index (χ0) is 15.3. The number of nitrogen functional groups attached to an aromatic ring is 1. The van der Waals surface area contributed by atoms with Crippen LogP contribution in [0.5, 0.6) is 0 Å². The Balaban J connectivity index is 2.11. The third-order valence-corrected chi connectivity index (χ3v) is 5.12. The lowest BCUT2D eigenvalue weighted by Crippen LogP contribution is -1.99. The fourth-order valence-corrected chi connectivity index (χ4v) is 4.05. The van der Waals surface area contributed by atoms with Crippen molar-refractivity contribution in [1.82, 2.24) is 15.2 Å². The van der Waals surface area contributed by atoms with E-state index in [9.17, 15) is 0 Å². The number of anilines is 1. The molecule has 112 valence electrons. The van der Waals surface area contributed by atoms with E-state index in [0.29, 0.717) is 11.0 Å². The normalized spacial score (nSPS) is 14.0. The van der Waals surface area contributed by atoms with E-state index in [0.717, 1.165) is 29.8 Å². The Bertz CT molecular complexity index is 866. The summed E-state index contributed by atoms with van der Waals surface area (Å²) >= 11 is 1.46. The quantitative estimate of drug-likeness (QED) is 0.778. The molecule has 22 heavy (non-hydrogen) atoms. The summed E-state index contributed by atoms with van der Waals surface area (Å²) in [5.74, 6) is 0.447. The Kier molecular flexibility index (Phi) is 3.11. The number of nitrogens with two attached hydrogens (primary N) is 1. The fraction of sp³-hybridized carbons (Fsp3) is 0.353. The lowest BCUT2D eigenvalue weighted by Gasteiger charge is -2.14. The van der Waals surface area contributed by atoms with Gasteiger partial charge in [0.2, 0.25) is 5.13 Å². The van der Waals surface area contributed by atoms with Crippen LogP contribution in [0, 0.1) is 0 Å². The lowest BCUT2D eigenvalue weighted by atomic mass is 9.95. The molecule has 0 atom stereocenters. The first-order valence-electron chi connectivity index (χ1n) is 7.69. The Morgan fingerprint density at radius 1 is 1.18 bits per heavy atom. The maximum atomic E-state index is 5.81. The van der Waals surface area contributed by atoms with Crippen LogP contribution in [0.2, 0.25) is 0 Å². The first-order chi connectivity index (χ1) is 10.6. The molecule has 0 amide bonds. The van der Waals surface area contributed by atoms with Crippen LogP contribution >= 0.6 is 11.3 Å².